The van der Waals surface area contributed by atoms with Crippen LogP contribution in [0.15, 0.2) is 30.3 Å². The minimum absolute atomic E-state index is 0.813. The monoisotopic (exact) mass is 388 g/mol. The molecule has 0 saturated carbocycles. The van der Waals surface area contributed by atoms with Crippen molar-refractivity contribution >= 4 is 0 Å². The molecule has 1 rings (SSSR count). The van der Waals surface area contributed by atoms with E-state index in [0.717, 1.165) is 19.1 Å². The highest BCUT2D eigenvalue weighted by molar-refractivity contribution is 5.14. The molecular weight excluding hydrogens is 340 g/mol. The minimum atomic E-state index is 0.813. The van der Waals surface area contributed by atoms with Crippen LogP contribution in [0.2, 0.25) is 0 Å². The largest absolute Gasteiger partial charge is 0.381 e. The predicted octanol–water partition coefficient (Wildman–Crippen LogP) is 8.75. The zero-order valence-electron chi connectivity index (χ0n) is 19.1. The molecule has 1 heteroatoms. The van der Waals surface area contributed by atoms with Gasteiger partial charge >= 0.3 is 0 Å². The molecule has 0 aliphatic rings. The number of ether oxygens (including phenoxy) is 1. The van der Waals surface area contributed by atoms with Crippen LogP contribution in [0.1, 0.15) is 116 Å². The Balaban J connectivity index is 1.68. The Labute approximate surface area is 176 Å². The van der Waals surface area contributed by atoms with E-state index in [1.807, 2.05) is 0 Å². The van der Waals surface area contributed by atoms with Gasteiger partial charge in [-0.25, -0.2) is 0 Å². The number of rotatable bonds is 20. The second-order valence-corrected chi connectivity index (χ2v) is 8.98. The van der Waals surface area contributed by atoms with E-state index in [9.17, 15) is 0 Å². The van der Waals surface area contributed by atoms with Crippen molar-refractivity contribution in [2.24, 2.45) is 5.92 Å². The van der Waals surface area contributed by atoms with Crippen LogP contribution in [0.25, 0.3) is 0 Å². The Morgan fingerprint density at radius 1 is 0.571 bits per heavy atom. The molecule has 0 fully saturated rings. The molecule has 0 atom stereocenters. The van der Waals surface area contributed by atoms with Gasteiger partial charge in [0.25, 0.3) is 0 Å². The van der Waals surface area contributed by atoms with E-state index >= 15 is 0 Å². The summed E-state index contributed by atoms with van der Waals surface area (Å²) in [5, 5.41) is 0. The number of benzene rings is 1. The SMILES string of the molecule is CC(C)CCCOCCCCCCCCCCCCCCCc1ccccc1. The maximum absolute atomic E-state index is 5.71. The van der Waals surface area contributed by atoms with Gasteiger partial charge < -0.3 is 4.74 Å². The highest BCUT2D eigenvalue weighted by Crippen LogP contribution is 2.13. The Bertz CT molecular complexity index is 412. The van der Waals surface area contributed by atoms with Gasteiger partial charge in [-0.15, -0.1) is 0 Å². The predicted molar refractivity (Wildman–Crippen MR) is 125 cm³/mol. The Morgan fingerprint density at radius 3 is 1.57 bits per heavy atom. The highest BCUT2D eigenvalue weighted by atomic mass is 16.5. The van der Waals surface area contributed by atoms with Crippen LogP contribution in [0.5, 0.6) is 0 Å². The third-order valence-corrected chi connectivity index (χ3v) is 5.67. The summed E-state index contributed by atoms with van der Waals surface area (Å²) in [5.41, 5.74) is 1.50. The van der Waals surface area contributed by atoms with Crippen LogP contribution in [-0.4, -0.2) is 13.2 Å². The lowest BCUT2D eigenvalue weighted by molar-refractivity contribution is 0.124. The van der Waals surface area contributed by atoms with E-state index in [0.29, 0.717) is 0 Å². The van der Waals surface area contributed by atoms with E-state index in [-0.39, 0.29) is 0 Å². The number of hydrogen-bond donors (Lipinski definition) is 0. The maximum Gasteiger partial charge on any atom is 0.0466 e. The fourth-order valence-corrected chi connectivity index (χ4v) is 3.82. The van der Waals surface area contributed by atoms with Gasteiger partial charge in [-0.1, -0.05) is 115 Å². The molecular formula is C27H48O. The summed E-state index contributed by atoms with van der Waals surface area (Å²) in [7, 11) is 0. The van der Waals surface area contributed by atoms with Gasteiger partial charge in [0.05, 0.1) is 0 Å². The standard InChI is InChI=1S/C27H48O/c1-26(2)20-19-25-28-24-18-13-11-9-7-5-3-4-6-8-10-12-15-21-27-22-16-14-17-23-27/h14,16-17,22-23,26H,3-13,15,18-21,24-25H2,1-2H3. The van der Waals surface area contributed by atoms with E-state index in [4.69, 9.17) is 4.74 Å². The molecule has 0 heterocycles. The second-order valence-electron chi connectivity index (χ2n) is 8.98. The Hall–Kier alpha value is -0.820. The third kappa shape index (κ3) is 17.3. The fraction of sp³-hybridized carbons (Fsp3) is 0.778. The smallest absolute Gasteiger partial charge is 0.0466 e. The fourth-order valence-electron chi connectivity index (χ4n) is 3.82. The van der Waals surface area contributed by atoms with Gasteiger partial charge in [0.15, 0.2) is 0 Å². The maximum atomic E-state index is 5.71. The molecule has 0 bridgehead atoms. The van der Waals surface area contributed by atoms with Gasteiger partial charge in [-0.3, -0.25) is 0 Å². The molecule has 1 aromatic carbocycles. The topological polar surface area (TPSA) is 9.23 Å². The lowest BCUT2D eigenvalue weighted by Gasteiger charge is -2.06. The van der Waals surface area contributed by atoms with Gasteiger partial charge in [0.2, 0.25) is 0 Å². The molecule has 0 radical (unpaired) electrons. The minimum Gasteiger partial charge on any atom is -0.381 e. The number of hydrogen-bond acceptors (Lipinski definition) is 1. The van der Waals surface area contributed by atoms with E-state index in [2.05, 4.69) is 44.2 Å². The van der Waals surface area contributed by atoms with Crippen LogP contribution in [0.4, 0.5) is 0 Å². The summed E-state index contributed by atoms with van der Waals surface area (Å²) in [6.07, 6.45) is 22.0. The molecule has 28 heavy (non-hydrogen) atoms. The van der Waals surface area contributed by atoms with Gasteiger partial charge in [-0.2, -0.15) is 0 Å². The molecule has 0 saturated heterocycles. The van der Waals surface area contributed by atoms with Crippen LogP contribution in [-0.2, 0) is 11.2 Å². The summed E-state index contributed by atoms with van der Waals surface area (Å²) in [6, 6.07) is 10.9. The normalized spacial score (nSPS) is 11.4. The van der Waals surface area contributed by atoms with Crippen molar-refractivity contribution < 1.29 is 4.74 Å². The zero-order chi connectivity index (χ0) is 20.1. The van der Waals surface area contributed by atoms with Gasteiger partial charge in [0, 0.05) is 13.2 Å². The van der Waals surface area contributed by atoms with Crippen molar-refractivity contribution in [2.75, 3.05) is 13.2 Å². The Morgan fingerprint density at radius 2 is 1.04 bits per heavy atom. The van der Waals surface area contributed by atoms with Crippen molar-refractivity contribution in [3.05, 3.63) is 35.9 Å². The number of unbranched alkanes of at least 4 members (excludes halogenated alkanes) is 12. The molecule has 0 aromatic heterocycles. The summed E-state index contributed by atoms with van der Waals surface area (Å²) >= 11 is 0. The van der Waals surface area contributed by atoms with Crippen molar-refractivity contribution in [3.8, 4) is 0 Å². The zero-order valence-corrected chi connectivity index (χ0v) is 19.1. The summed E-state index contributed by atoms with van der Waals surface area (Å²) in [5.74, 6) is 0.813. The summed E-state index contributed by atoms with van der Waals surface area (Å²) in [4.78, 5) is 0. The third-order valence-electron chi connectivity index (χ3n) is 5.67. The molecule has 0 aliphatic heterocycles. The van der Waals surface area contributed by atoms with E-state index in [1.54, 1.807) is 0 Å². The second kappa shape index (κ2) is 19.5. The van der Waals surface area contributed by atoms with Crippen molar-refractivity contribution in [3.63, 3.8) is 0 Å². The molecule has 0 unspecified atom stereocenters. The molecule has 0 amide bonds. The van der Waals surface area contributed by atoms with Crippen LogP contribution >= 0.6 is 0 Å². The first-order valence-corrected chi connectivity index (χ1v) is 12.4. The molecule has 0 spiro atoms. The molecule has 0 N–H and O–H groups in total. The first-order valence-electron chi connectivity index (χ1n) is 12.4. The van der Waals surface area contributed by atoms with Crippen LogP contribution in [0, 0.1) is 5.92 Å². The quantitative estimate of drug-likeness (QED) is 0.203. The lowest BCUT2D eigenvalue weighted by atomic mass is 10.0. The Kier molecular flexibility index (Phi) is 17.6. The van der Waals surface area contributed by atoms with Gasteiger partial charge in [-0.05, 0) is 43.6 Å². The average molecular weight is 389 g/mol. The van der Waals surface area contributed by atoms with E-state index in [1.165, 1.54) is 108 Å². The van der Waals surface area contributed by atoms with E-state index < -0.39 is 0 Å². The number of aryl methyl sites for hydroxylation is 1. The first kappa shape index (κ1) is 25.2. The lowest BCUT2D eigenvalue weighted by Crippen LogP contribution is -1.99. The highest BCUT2D eigenvalue weighted by Gasteiger charge is 1.97. The van der Waals surface area contributed by atoms with Crippen molar-refractivity contribution in [1.82, 2.24) is 0 Å². The molecule has 0 aliphatic carbocycles. The van der Waals surface area contributed by atoms with Gasteiger partial charge in [0.1, 0.15) is 0 Å². The van der Waals surface area contributed by atoms with Crippen molar-refractivity contribution in [1.29, 1.82) is 0 Å². The first-order chi connectivity index (χ1) is 13.8. The molecule has 162 valence electrons. The average Bonchev–Trinajstić information content (AvgIpc) is 2.70. The molecule has 1 aromatic rings. The summed E-state index contributed by atoms with van der Waals surface area (Å²) < 4.78 is 5.71. The van der Waals surface area contributed by atoms with Crippen molar-refractivity contribution in [2.45, 2.75) is 117 Å². The van der Waals surface area contributed by atoms with Crippen LogP contribution in [0.3, 0.4) is 0 Å². The molecule has 1 nitrogen and oxygen atoms in total. The summed E-state index contributed by atoms with van der Waals surface area (Å²) in [6.45, 7) is 6.51. The van der Waals surface area contributed by atoms with Crippen LogP contribution < -0.4 is 0 Å².